The lowest BCUT2D eigenvalue weighted by molar-refractivity contribution is -0.138. The van der Waals surface area contributed by atoms with E-state index in [0.717, 1.165) is 5.56 Å². The first-order chi connectivity index (χ1) is 15.8. The summed E-state index contributed by atoms with van der Waals surface area (Å²) in [7, 11) is 5.10. The second kappa shape index (κ2) is 8.61. The normalized spacial score (nSPS) is 15.4. The number of fused-ring (bicyclic) bond motifs is 2. The molecule has 1 atom stereocenters. The first-order valence-corrected chi connectivity index (χ1v) is 10.8. The summed E-state index contributed by atoms with van der Waals surface area (Å²) in [6.07, 6.45) is 2.95. The molecule has 1 unspecified atom stereocenters. The minimum Gasteiger partial charge on any atom is -0.485 e. The number of nitrogens with zero attached hydrogens (tertiary/aromatic N) is 5. The SMILES string of the molecule is CCn1c(=O)c2c(nc(/C=C/c3ccc4c(c3)OCC(C(=O)N(C)C)O4)n2C)n(CC)c1=O. The van der Waals surface area contributed by atoms with Crippen LogP contribution in [0.3, 0.4) is 0 Å². The van der Waals surface area contributed by atoms with E-state index in [1.165, 1.54) is 14.0 Å². The summed E-state index contributed by atoms with van der Waals surface area (Å²) < 4.78 is 15.9. The van der Waals surface area contributed by atoms with Crippen molar-refractivity contribution in [1.82, 2.24) is 23.6 Å². The molecule has 1 aliphatic heterocycles. The highest BCUT2D eigenvalue weighted by Gasteiger charge is 2.28. The highest BCUT2D eigenvalue weighted by molar-refractivity contribution is 5.81. The summed E-state index contributed by atoms with van der Waals surface area (Å²) in [5.74, 6) is 1.45. The maximum Gasteiger partial charge on any atom is 0.332 e. The fourth-order valence-electron chi connectivity index (χ4n) is 3.86. The quantitative estimate of drug-likeness (QED) is 0.578. The highest BCUT2D eigenvalue weighted by atomic mass is 16.6. The lowest BCUT2D eigenvalue weighted by Gasteiger charge is -2.27. The second-order valence-corrected chi connectivity index (χ2v) is 7.97. The number of aromatic nitrogens is 4. The van der Waals surface area contributed by atoms with Gasteiger partial charge in [-0.25, -0.2) is 9.78 Å². The van der Waals surface area contributed by atoms with Crippen molar-refractivity contribution in [3.8, 4) is 11.5 Å². The van der Waals surface area contributed by atoms with E-state index >= 15 is 0 Å². The van der Waals surface area contributed by atoms with E-state index in [4.69, 9.17) is 9.47 Å². The van der Waals surface area contributed by atoms with E-state index in [0.29, 0.717) is 41.6 Å². The molecule has 10 heteroatoms. The van der Waals surface area contributed by atoms with Crippen LogP contribution in [-0.4, -0.2) is 56.3 Å². The van der Waals surface area contributed by atoms with Gasteiger partial charge in [-0.1, -0.05) is 12.1 Å². The fourth-order valence-corrected chi connectivity index (χ4v) is 3.86. The van der Waals surface area contributed by atoms with Crippen LogP contribution in [0.1, 0.15) is 25.2 Å². The lowest BCUT2D eigenvalue weighted by Crippen LogP contribution is -2.43. The highest BCUT2D eigenvalue weighted by Crippen LogP contribution is 2.33. The molecule has 0 aliphatic carbocycles. The molecule has 0 fully saturated rings. The Morgan fingerprint density at radius 3 is 2.55 bits per heavy atom. The number of hydrogen-bond donors (Lipinski definition) is 0. The maximum atomic E-state index is 12.8. The van der Waals surface area contributed by atoms with Gasteiger partial charge in [0.15, 0.2) is 22.7 Å². The first kappa shape index (κ1) is 22.4. The summed E-state index contributed by atoms with van der Waals surface area (Å²) in [5, 5.41) is 0. The standard InChI is InChI=1S/C23H27N5O5/c1-6-27-20-19(22(30)28(7-2)23(27)31)26(5)18(24-20)11-9-14-8-10-15-16(12-14)32-13-17(33-15)21(29)25(3)4/h8-12,17H,6-7,13H2,1-5H3/b11-9+. The smallest absolute Gasteiger partial charge is 0.332 e. The van der Waals surface area contributed by atoms with Gasteiger partial charge in [0.05, 0.1) is 0 Å². The summed E-state index contributed by atoms with van der Waals surface area (Å²) in [6, 6.07) is 5.42. The zero-order valence-corrected chi connectivity index (χ0v) is 19.4. The minimum absolute atomic E-state index is 0.139. The molecule has 0 saturated heterocycles. The van der Waals surface area contributed by atoms with Gasteiger partial charge in [-0.2, -0.15) is 0 Å². The zero-order chi connectivity index (χ0) is 23.9. The molecule has 2 aromatic heterocycles. The minimum atomic E-state index is -0.669. The average Bonchev–Trinajstić information content (AvgIpc) is 3.13. The average molecular weight is 453 g/mol. The van der Waals surface area contributed by atoms with E-state index in [9.17, 15) is 14.4 Å². The van der Waals surface area contributed by atoms with E-state index < -0.39 is 6.10 Å². The van der Waals surface area contributed by atoms with Crippen LogP contribution in [-0.2, 0) is 24.9 Å². The molecular weight excluding hydrogens is 426 g/mol. The van der Waals surface area contributed by atoms with Crippen LogP contribution >= 0.6 is 0 Å². The third-order valence-corrected chi connectivity index (χ3v) is 5.68. The lowest BCUT2D eigenvalue weighted by atomic mass is 10.1. The van der Waals surface area contributed by atoms with E-state index in [2.05, 4.69) is 4.98 Å². The topological polar surface area (TPSA) is 101 Å². The number of likely N-dealkylation sites (N-methyl/N-ethyl adjacent to an activating group) is 1. The number of hydrogen-bond acceptors (Lipinski definition) is 6. The van der Waals surface area contributed by atoms with Crippen molar-refractivity contribution in [2.24, 2.45) is 7.05 Å². The Hall–Kier alpha value is -3.82. The first-order valence-electron chi connectivity index (χ1n) is 10.8. The van der Waals surface area contributed by atoms with Crippen molar-refractivity contribution in [2.45, 2.75) is 33.0 Å². The maximum absolute atomic E-state index is 12.8. The molecule has 1 aliphatic rings. The number of carbonyl (C=O) groups is 1. The summed E-state index contributed by atoms with van der Waals surface area (Å²) in [5.41, 5.74) is 0.887. The Labute approximate surface area is 190 Å². The number of rotatable bonds is 5. The molecule has 33 heavy (non-hydrogen) atoms. The Bertz CT molecular complexity index is 1380. The van der Waals surface area contributed by atoms with Gasteiger partial charge in [0, 0.05) is 34.2 Å². The number of ether oxygens (including phenoxy) is 2. The van der Waals surface area contributed by atoms with Gasteiger partial charge >= 0.3 is 5.69 Å². The van der Waals surface area contributed by atoms with Crippen LogP contribution in [0.25, 0.3) is 23.3 Å². The van der Waals surface area contributed by atoms with Gasteiger partial charge in [0.1, 0.15) is 12.4 Å². The Morgan fingerprint density at radius 1 is 1.15 bits per heavy atom. The van der Waals surface area contributed by atoms with Crippen LogP contribution in [0.5, 0.6) is 11.5 Å². The van der Waals surface area contributed by atoms with Crippen LogP contribution in [0.15, 0.2) is 27.8 Å². The molecule has 1 aromatic carbocycles. The number of amides is 1. The van der Waals surface area contributed by atoms with Gasteiger partial charge in [0.25, 0.3) is 11.5 Å². The molecular formula is C23H27N5O5. The van der Waals surface area contributed by atoms with Crippen LogP contribution in [0.4, 0.5) is 0 Å². The predicted octanol–water partition coefficient (Wildman–Crippen LogP) is 1.33. The van der Waals surface area contributed by atoms with Gasteiger partial charge in [-0.05, 0) is 37.6 Å². The third-order valence-electron chi connectivity index (χ3n) is 5.68. The molecule has 174 valence electrons. The molecule has 1 amide bonds. The zero-order valence-electron chi connectivity index (χ0n) is 19.4. The van der Waals surface area contributed by atoms with E-state index in [-0.39, 0.29) is 23.8 Å². The third kappa shape index (κ3) is 3.81. The molecule has 0 N–H and O–H groups in total. The summed E-state index contributed by atoms with van der Waals surface area (Å²) in [4.78, 5) is 43.6. The molecule has 0 radical (unpaired) electrons. The number of aryl methyl sites for hydroxylation is 2. The van der Waals surface area contributed by atoms with Gasteiger partial charge in [-0.3, -0.25) is 18.7 Å². The molecule has 10 nitrogen and oxygen atoms in total. The molecule has 0 saturated carbocycles. The summed E-state index contributed by atoms with van der Waals surface area (Å²) >= 11 is 0. The molecule has 0 spiro atoms. The Kier molecular flexibility index (Phi) is 5.84. The van der Waals surface area contributed by atoms with Gasteiger partial charge < -0.3 is 18.9 Å². The Morgan fingerprint density at radius 2 is 1.88 bits per heavy atom. The fraction of sp³-hybridized carbons (Fsp3) is 0.391. The molecule has 3 aromatic rings. The molecule has 0 bridgehead atoms. The largest absolute Gasteiger partial charge is 0.485 e. The van der Waals surface area contributed by atoms with Crippen molar-refractivity contribution in [2.75, 3.05) is 20.7 Å². The molecule has 3 heterocycles. The van der Waals surface area contributed by atoms with E-state index in [1.54, 1.807) is 44.8 Å². The van der Waals surface area contributed by atoms with Crippen molar-refractivity contribution in [3.63, 3.8) is 0 Å². The Balaban J connectivity index is 1.67. The number of carbonyl (C=O) groups excluding carboxylic acids is 1. The van der Waals surface area contributed by atoms with Crippen molar-refractivity contribution in [1.29, 1.82) is 0 Å². The van der Waals surface area contributed by atoms with Crippen LogP contribution in [0.2, 0.25) is 0 Å². The number of imidazole rings is 1. The second-order valence-electron chi connectivity index (χ2n) is 7.97. The van der Waals surface area contributed by atoms with Gasteiger partial charge in [-0.15, -0.1) is 0 Å². The van der Waals surface area contributed by atoms with Crippen molar-refractivity contribution < 1.29 is 14.3 Å². The summed E-state index contributed by atoms with van der Waals surface area (Å²) in [6.45, 7) is 4.46. The van der Waals surface area contributed by atoms with E-state index in [1.807, 2.05) is 25.1 Å². The molecule has 4 rings (SSSR count). The van der Waals surface area contributed by atoms with Crippen molar-refractivity contribution >= 4 is 29.2 Å². The predicted molar refractivity (Wildman–Crippen MR) is 125 cm³/mol. The van der Waals surface area contributed by atoms with Crippen molar-refractivity contribution in [3.05, 3.63) is 50.4 Å². The van der Waals surface area contributed by atoms with Gasteiger partial charge in [0.2, 0.25) is 6.10 Å². The van der Waals surface area contributed by atoms with Crippen LogP contribution < -0.4 is 20.7 Å². The monoisotopic (exact) mass is 453 g/mol. The number of benzene rings is 1. The van der Waals surface area contributed by atoms with Crippen LogP contribution in [0, 0.1) is 0 Å².